The summed E-state index contributed by atoms with van der Waals surface area (Å²) in [6.07, 6.45) is 0.280. The van der Waals surface area contributed by atoms with Crippen molar-refractivity contribution in [2.45, 2.75) is 39.7 Å². The summed E-state index contributed by atoms with van der Waals surface area (Å²) in [5.74, 6) is 0.559. The topological polar surface area (TPSA) is 35.5 Å². The van der Waals surface area contributed by atoms with Crippen molar-refractivity contribution >= 4 is 21.9 Å². The van der Waals surface area contributed by atoms with Crippen LogP contribution in [0.2, 0.25) is 0 Å². The highest BCUT2D eigenvalue weighted by Crippen LogP contribution is 2.29. The fourth-order valence-electron chi connectivity index (χ4n) is 1.45. The lowest BCUT2D eigenvalue weighted by Crippen LogP contribution is -2.23. The SMILES string of the molecule is CCOC(=O)Cc1ccc(OC(C)(C)C)c(Br)c1. The average Bonchev–Trinajstić information content (AvgIpc) is 2.21. The maximum Gasteiger partial charge on any atom is 0.310 e. The van der Waals surface area contributed by atoms with Crippen molar-refractivity contribution in [1.29, 1.82) is 0 Å². The highest BCUT2D eigenvalue weighted by molar-refractivity contribution is 9.10. The predicted octanol–water partition coefficient (Wildman–Crippen LogP) is 3.73. The van der Waals surface area contributed by atoms with E-state index >= 15 is 0 Å². The number of halogens is 1. The smallest absolute Gasteiger partial charge is 0.310 e. The van der Waals surface area contributed by atoms with Gasteiger partial charge in [0.15, 0.2) is 0 Å². The van der Waals surface area contributed by atoms with Gasteiger partial charge < -0.3 is 9.47 Å². The Morgan fingerprint density at radius 1 is 1.33 bits per heavy atom. The number of hydrogen-bond acceptors (Lipinski definition) is 3. The summed E-state index contributed by atoms with van der Waals surface area (Å²) in [5.41, 5.74) is 0.659. The zero-order valence-corrected chi connectivity index (χ0v) is 12.8. The Balaban J connectivity index is 2.76. The van der Waals surface area contributed by atoms with Crippen molar-refractivity contribution < 1.29 is 14.3 Å². The monoisotopic (exact) mass is 314 g/mol. The first-order valence-corrected chi connectivity index (χ1v) is 6.74. The number of hydrogen-bond donors (Lipinski definition) is 0. The molecular formula is C14H19BrO3. The molecule has 1 aromatic rings. The lowest BCUT2D eigenvalue weighted by molar-refractivity contribution is -0.142. The molecule has 1 aromatic carbocycles. The first-order chi connectivity index (χ1) is 8.31. The van der Waals surface area contributed by atoms with Gasteiger partial charge in [0.2, 0.25) is 0 Å². The quantitative estimate of drug-likeness (QED) is 0.794. The van der Waals surface area contributed by atoms with Crippen molar-refractivity contribution in [1.82, 2.24) is 0 Å². The molecule has 0 aliphatic carbocycles. The van der Waals surface area contributed by atoms with Gasteiger partial charge in [-0.05, 0) is 61.3 Å². The third-order valence-corrected chi connectivity index (χ3v) is 2.69. The van der Waals surface area contributed by atoms with Gasteiger partial charge in [-0.1, -0.05) is 6.07 Å². The minimum Gasteiger partial charge on any atom is -0.487 e. The van der Waals surface area contributed by atoms with Gasteiger partial charge in [0.25, 0.3) is 0 Å². The number of carbonyl (C=O) groups is 1. The lowest BCUT2D eigenvalue weighted by Gasteiger charge is -2.22. The van der Waals surface area contributed by atoms with Crippen LogP contribution >= 0.6 is 15.9 Å². The molecular weight excluding hydrogens is 296 g/mol. The Morgan fingerprint density at radius 3 is 2.50 bits per heavy atom. The molecule has 3 nitrogen and oxygen atoms in total. The zero-order valence-electron chi connectivity index (χ0n) is 11.2. The number of esters is 1. The average molecular weight is 315 g/mol. The van der Waals surface area contributed by atoms with Crippen LogP contribution in [0.3, 0.4) is 0 Å². The van der Waals surface area contributed by atoms with Crippen molar-refractivity contribution in [2.75, 3.05) is 6.61 Å². The molecule has 0 saturated carbocycles. The molecule has 0 bridgehead atoms. The van der Waals surface area contributed by atoms with E-state index in [1.54, 1.807) is 6.92 Å². The predicted molar refractivity (Wildman–Crippen MR) is 74.9 cm³/mol. The number of carbonyl (C=O) groups excluding carboxylic acids is 1. The maximum absolute atomic E-state index is 11.4. The van der Waals surface area contributed by atoms with Crippen LogP contribution in [0.25, 0.3) is 0 Å². The number of benzene rings is 1. The van der Waals surface area contributed by atoms with Crippen molar-refractivity contribution in [3.63, 3.8) is 0 Å². The molecule has 0 aromatic heterocycles. The molecule has 0 heterocycles. The highest BCUT2D eigenvalue weighted by Gasteiger charge is 2.14. The standard InChI is InChI=1S/C14H19BrO3/c1-5-17-13(16)9-10-6-7-12(11(15)8-10)18-14(2,3)4/h6-8H,5,9H2,1-4H3. The molecule has 0 aliphatic rings. The molecule has 4 heteroatoms. The summed E-state index contributed by atoms with van der Waals surface area (Å²) in [7, 11) is 0. The Labute approximate surface area is 117 Å². The summed E-state index contributed by atoms with van der Waals surface area (Å²) in [4.78, 5) is 11.4. The van der Waals surface area contributed by atoms with E-state index in [-0.39, 0.29) is 18.0 Å². The minimum atomic E-state index is -0.245. The highest BCUT2D eigenvalue weighted by atomic mass is 79.9. The Morgan fingerprint density at radius 2 is 2.00 bits per heavy atom. The molecule has 0 aliphatic heterocycles. The Hall–Kier alpha value is -1.03. The van der Waals surface area contributed by atoms with E-state index < -0.39 is 0 Å². The van der Waals surface area contributed by atoms with E-state index in [4.69, 9.17) is 9.47 Å². The summed E-state index contributed by atoms with van der Waals surface area (Å²) in [6.45, 7) is 8.18. The van der Waals surface area contributed by atoms with Crippen LogP contribution in [-0.2, 0) is 16.0 Å². The van der Waals surface area contributed by atoms with Gasteiger partial charge in [0.05, 0.1) is 17.5 Å². The summed E-state index contributed by atoms with van der Waals surface area (Å²) in [5, 5.41) is 0. The van der Waals surface area contributed by atoms with E-state index in [1.165, 1.54) is 0 Å². The molecule has 0 atom stereocenters. The maximum atomic E-state index is 11.4. The van der Waals surface area contributed by atoms with Gasteiger partial charge in [0.1, 0.15) is 11.4 Å². The van der Waals surface area contributed by atoms with E-state index in [1.807, 2.05) is 39.0 Å². The summed E-state index contributed by atoms with van der Waals surface area (Å²) >= 11 is 3.45. The second-order valence-corrected chi connectivity index (χ2v) is 5.82. The Bertz CT molecular complexity index is 422. The molecule has 0 radical (unpaired) electrons. The van der Waals surface area contributed by atoms with E-state index in [0.29, 0.717) is 6.61 Å². The van der Waals surface area contributed by atoms with Gasteiger partial charge >= 0.3 is 5.97 Å². The fourth-order valence-corrected chi connectivity index (χ4v) is 1.95. The van der Waals surface area contributed by atoms with Crippen LogP contribution in [0.1, 0.15) is 33.3 Å². The van der Waals surface area contributed by atoms with Crippen LogP contribution in [0.4, 0.5) is 0 Å². The van der Waals surface area contributed by atoms with Crippen molar-refractivity contribution in [2.24, 2.45) is 0 Å². The van der Waals surface area contributed by atoms with Crippen LogP contribution < -0.4 is 4.74 Å². The largest absolute Gasteiger partial charge is 0.487 e. The zero-order chi connectivity index (χ0) is 13.8. The van der Waals surface area contributed by atoms with Crippen LogP contribution in [-0.4, -0.2) is 18.2 Å². The second-order valence-electron chi connectivity index (χ2n) is 4.96. The van der Waals surface area contributed by atoms with Crippen LogP contribution in [0.5, 0.6) is 5.75 Å². The van der Waals surface area contributed by atoms with Gasteiger partial charge in [-0.15, -0.1) is 0 Å². The first kappa shape index (κ1) is 15.0. The van der Waals surface area contributed by atoms with Gasteiger partial charge in [-0.2, -0.15) is 0 Å². The van der Waals surface area contributed by atoms with E-state index in [9.17, 15) is 4.79 Å². The normalized spacial score (nSPS) is 11.2. The molecule has 18 heavy (non-hydrogen) atoms. The van der Waals surface area contributed by atoms with Crippen molar-refractivity contribution in [3.8, 4) is 5.75 Å². The van der Waals surface area contributed by atoms with Gasteiger partial charge in [0, 0.05) is 0 Å². The van der Waals surface area contributed by atoms with Crippen LogP contribution in [0.15, 0.2) is 22.7 Å². The van der Waals surface area contributed by atoms with Gasteiger partial charge in [-0.3, -0.25) is 4.79 Å². The van der Waals surface area contributed by atoms with E-state index in [0.717, 1.165) is 15.8 Å². The van der Waals surface area contributed by atoms with Gasteiger partial charge in [-0.25, -0.2) is 0 Å². The minimum absolute atomic E-state index is 0.214. The molecule has 0 saturated heterocycles. The number of ether oxygens (including phenoxy) is 2. The summed E-state index contributed by atoms with van der Waals surface area (Å²) < 4.78 is 11.5. The first-order valence-electron chi connectivity index (χ1n) is 5.95. The third-order valence-electron chi connectivity index (χ3n) is 2.07. The molecule has 0 N–H and O–H groups in total. The molecule has 100 valence electrons. The number of rotatable bonds is 4. The fraction of sp³-hybridized carbons (Fsp3) is 0.500. The van der Waals surface area contributed by atoms with E-state index in [2.05, 4.69) is 15.9 Å². The molecule has 0 amide bonds. The lowest BCUT2D eigenvalue weighted by atomic mass is 10.1. The molecule has 0 unspecified atom stereocenters. The Kier molecular flexibility index (Phi) is 5.20. The molecule has 1 rings (SSSR count). The summed E-state index contributed by atoms with van der Waals surface area (Å²) in [6, 6.07) is 5.63. The molecule has 0 fully saturated rings. The third kappa shape index (κ3) is 5.08. The molecule has 0 spiro atoms. The van der Waals surface area contributed by atoms with Crippen LogP contribution in [0, 0.1) is 0 Å². The van der Waals surface area contributed by atoms with Crippen molar-refractivity contribution in [3.05, 3.63) is 28.2 Å². The second kappa shape index (κ2) is 6.23.